The Kier molecular flexibility index (Phi) is 5.43. The maximum Gasteiger partial charge on any atom is 0.167 e. The van der Waals surface area contributed by atoms with Crippen LogP contribution in [0.2, 0.25) is 0 Å². The number of hydrogen-bond donors (Lipinski definition) is 0. The van der Waals surface area contributed by atoms with Gasteiger partial charge in [0.2, 0.25) is 0 Å². The second-order valence-electron chi connectivity index (χ2n) is 10.8. The monoisotopic (exact) mass is 565 g/mol. The Morgan fingerprint density at radius 1 is 0.341 bits per heavy atom. The van der Waals surface area contributed by atoms with Crippen molar-refractivity contribution >= 4 is 43.9 Å². The number of rotatable bonds is 4. The van der Waals surface area contributed by atoms with E-state index in [0.29, 0.717) is 17.5 Å². The molecule has 3 aromatic heterocycles. The van der Waals surface area contributed by atoms with Crippen LogP contribution in [0.25, 0.3) is 89.2 Å². The Morgan fingerprint density at radius 3 is 1.66 bits per heavy atom. The van der Waals surface area contributed by atoms with E-state index in [1.807, 2.05) is 91.0 Å². The Morgan fingerprint density at radius 2 is 0.886 bits per heavy atom. The molecule has 0 unspecified atom stereocenters. The molecule has 0 amide bonds. The third-order valence-corrected chi connectivity index (χ3v) is 8.15. The van der Waals surface area contributed by atoms with Crippen molar-refractivity contribution in [1.82, 2.24) is 15.0 Å². The number of nitrogens with zero attached hydrogens (tertiary/aromatic N) is 3. The van der Waals surface area contributed by atoms with E-state index in [-0.39, 0.29) is 0 Å². The second-order valence-corrected chi connectivity index (χ2v) is 10.8. The van der Waals surface area contributed by atoms with Crippen LogP contribution >= 0.6 is 0 Å². The van der Waals surface area contributed by atoms with Crippen LogP contribution in [0.15, 0.2) is 148 Å². The fourth-order valence-electron chi connectivity index (χ4n) is 6.05. The van der Waals surface area contributed by atoms with Gasteiger partial charge in [-0.15, -0.1) is 0 Å². The van der Waals surface area contributed by atoms with Gasteiger partial charge in [-0.05, 0) is 35.9 Å². The summed E-state index contributed by atoms with van der Waals surface area (Å²) in [4.78, 5) is 15.0. The maximum absolute atomic E-state index is 6.43. The molecule has 9 rings (SSSR count). The number of aromatic nitrogens is 3. The summed E-state index contributed by atoms with van der Waals surface area (Å²) in [5.74, 6) is 1.74. The summed E-state index contributed by atoms with van der Waals surface area (Å²) in [5, 5.41) is 4.15. The third-order valence-electron chi connectivity index (χ3n) is 8.15. The van der Waals surface area contributed by atoms with Crippen LogP contribution < -0.4 is 0 Å². The van der Waals surface area contributed by atoms with E-state index < -0.39 is 0 Å². The molecule has 0 saturated carbocycles. The van der Waals surface area contributed by atoms with Crippen molar-refractivity contribution in [3.8, 4) is 45.3 Å². The minimum Gasteiger partial charge on any atom is -0.455 e. The highest BCUT2D eigenvalue weighted by Gasteiger charge is 2.19. The Balaban J connectivity index is 1.26. The van der Waals surface area contributed by atoms with Gasteiger partial charge >= 0.3 is 0 Å². The predicted octanol–water partition coefficient (Wildman–Crippen LogP) is 10.3. The molecule has 9 aromatic rings. The SMILES string of the molecule is c1ccc(-c2nc(-c3ccc4oc5c(-c6ccccc6)cccc5c4c3)nc(-c3cccc4c3oc3ccccc34)n2)cc1. The van der Waals surface area contributed by atoms with Gasteiger partial charge in [0.1, 0.15) is 22.3 Å². The number of benzene rings is 6. The van der Waals surface area contributed by atoms with Gasteiger partial charge in [0.15, 0.2) is 17.5 Å². The summed E-state index contributed by atoms with van der Waals surface area (Å²) in [5.41, 5.74) is 8.07. The van der Waals surface area contributed by atoms with Gasteiger partial charge in [-0.25, -0.2) is 15.0 Å². The van der Waals surface area contributed by atoms with Crippen LogP contribution in [0.3, 0.4) is 0 Å². The lowest BCUT2D eigenvalue weighted by atomic mass is 10.0. The standard InChI is InChI=1S/C39H23N3O2/c1-3-11-24(12-4-1)27-16-9-18-30-32-23-26(21-22-34(32)44-35(27)30)38-40-37(25-13-5-2-6-14-25)41-39(42-38)31-19-10-17-29-28-15-7-8-20-33(28)43-36(29)31/h1-23H. The topological polar surface area (TPSA) is 65.0 Å². The zero-order valence-corrected chi connectivity index (χ0v) is 23.4. The first-order chi connectivity index (χ1) is 21.8. The minimum atomic E-state index is 0.557. The molecule has 0 spiro atoms. The molecule has 0 radical (unpaired) electrons. The Bertz CT molecular complexity index is 2500. The lowest BCUT2D eigenvalue weighted by Crippen LogP contribution is -2.00. The maximum atomic E-state index is 6.43. The molecule has 5 heteroatoms. The summed E-state index contributed by atoms with van der Waals surface area (Å²) in [6, 6.07) is 46.9. The average Bonchev–Trinajstić information content (AvgIpc) is 3.67. The number of hydrogen-bond acceptors (Lipinski definition) is 5. The van der Waals surface area contributed by atoms with Crippen LogP contribution in [0, 0.1) is 0 Å². The Labute approximate surface area is 252 Å². The smallest absolute Gasteiger partial charge is 0.167 e. The zero-order chi connectivity index (χ0) is 29.0. The number of furan rings is 2. The van der Waals surface area contributed by atoms with E-state index in [1.165, 1.54) is 0 Å². The average molecular weight is 566 g/mol. The first-order valence-corrected chi connectivity index (χ1v) is 14.5. The molecule has 0 aliphatic rings. The molecule has 3 heterocycles. The fraction of sp³-hybridized carbons (Fsp3) is 0. The van der Waals surface area contributed by atoms with Gasteiger partial charge in [0.25, 0.3) is 0 Å². The molecule has 206 valence electrons. The van der Waals surface area contributed by atoms with Crippen molar-refractivity contribution < 1.29 is 8.83 Å². The first kappa shape index (κ1) is 24.5. The molecular weight excluding hydrogens is 542 g/mol. The summed E-state index contributed by atoms with van der Waals surface area (Å²) in [6.07, 6.45) is 0. The predicted molar refractivity (Wildman–Crippen MR) is 176 cm³/mol. The van der Waals surface area contributed by atoms with Crippen LogP contribution in [0.4, 0.5) is 0 Å². The first-order valence-electron chi connectivity index (χ1n) is 14.5. The molecule has 0 fully saturated rings. The third kappa shape index (κ3) is 3.91. The molecule has 0 atom stereocenters. The molecule has 0 bridgehead atoms. The Hall–Kier alpha value is -6.07. The van der Waals surface area contributed by atoms with Crippen molar-refractivity contribution in [1.29, 1.82) is 0 Å². The van der Waals surface area contributed by atoms with Crippen molar-refractivity contribution in [3.05, 3.63) is 140 Å². The van der Waals surface area contributed by atoms with Gasteiger partial charge in [-0.3, -0.25) is 0 Å². The van der Waals surface area contributed by atoms with E-state index in [2.05, 4.69) is 48.5 Å². The van der Waals surface area contributed by atoms with Gasteiger partial charge in [0.05, 0.1) is 5.56 Å². The molecule has 5 nitrogen and oxygen atoms in total. The van der Waals surface area contributed by atoms with Crippen LogP contribution in [0.1, 0.15) is 0 Å². The number of para-hydroxylation sites is 3. The summed E-state index contributed by atoms with van der Waals surface area (Å²) in [7, 11) is 0. The highest BCUT2D eigenvalue weighted by Crippen LogP contribution is 2.39. The van der Waals surface area contributed by atoms with Gasteiger partial charge in [-0.1, -0.05) is 109 Å². The van der Waals surface area contributed by atoms with Crippen molar-refractivity contribution in [2.75, 3.05) is 0 Å². The highest BCUT2D eigenvalue weighted by molar-refractivity contribution is 6.11. The van der Waals surface area contributed by atoms with Crippen LogP contribution in [-0.4, -0.2) is 15.0 Å². The van der Waals surface area contributed by atoms with Crippen LogP contribution in [0.5, 0.6) is 0 Å². The van der Waals surface area contributed by atoms with E-state index >= 15 is 0 Å². The summed E-state index contributed by atoms with van der Waals surface area (Å²) >= 11 is 0. The fourth-order valence-corrected chi connectivity index (χ4v) is 6.05. The van der Waals surface area contributed by atoms with Crippen molar-refractivity contribution in [3.63, 3.8) is 0 Å². The zero-order valence-electron chi connectivity index (χ0n) is 23.4. The lowest BCUT2D eigenvalue weighted by Gasteiger charge is -2.09. The van der Waals surface area contributed by atoms with E-state index in [0.717, 1.165) is 71.7 Å². The molecular formula is C39H23N3O2. The second kappa shape index (κ2) is 9.75. The lowest BCUT2D eigenvalue weighted by molar-refractivity contribution is 0.669. The molecule has 0 N–H and O–H groups in total. The minimum absolute atomic E-state index is 0.557. The summed E-state index contributed by atoms with van der Waals surface area (Å²) < 4.78 is 12.8. The van der Waals surface area contributed by atoms with Gasteiger partial charge in [-0.2, -0.15) is 0 Å². The van der Waals surface area contributed by atoms with Crippen LogP contribution in [-0.2, 0) is 0 Å². The molecule has 0 saturated heterocycles. The van der Waals surface area contributed by atoms with E-state index in [1.54, 1.807) is 0 Å². The largest absolute Gasteiger partial charge is 0.455 e. The molecule has 0 aliphatic carbocycles. The molecule has 44 heavy (non-hydrogen) atoms. The molecule has 0 aliphatic heterocycles. The molecule has 6 aromatic carbocycles. The van der Waals surface area contributed by atoms with E-state index in [4.69, 9.17) is 23.8 Å². The normalized spacial score (nSPS) is 11.6. The van der Waals surface area contributed by atoms with Crippen molar-refractivity contribution in [2.45, 2.75) is 0 Å². The van der Waals surface area contributed by atoms with E-state index in [9.17, 15) is 0 Å². The quantitative estimate of drug-likeness (QED) is 0.212. The van der Waals surface area contributed by atoms with Gasteiger partial charge < -0.3 is 8.83 Å². The summed E-state index contributed by atoms with van der Waals surface area (Å²) in [6.45, 7) is 0. The van der Waals surface area contributed by atoms with Crippen molar-refractivity contribution in [2.24, 2.45) is 0 Å². The number of fused-ring (bicyclic) bond motifs is 6. The van der Waals surface area contributed by atoms with Gasteiger partial charge in [0, 0.05) is 38.2 Å². The highest BCUT2D eigenvalue weighted by atomic mass is 16.3.